The molecule has 0 aliphatic carbocycles. The quantitative estimate of drug-likeness (QED) is 0.227. The van der Waals surface area contributed by atoms with Crippen LogP contribution in [0.4, 0.5) is 4.79 Å². The SMILES string of the molecule is COC(=O)CCCC=CC[C@H]1CO[C@@H](C)O[C@H]1C=NNC(=O)OC(C)(C)C. The smallest absolute Gasteiger partial charge is 0.428 e. The Bertz CT molecular complexity index is 527. The minimum absolute atomic E-state index is 0.0854. The molecule has 1 N–H and O–H groups in total. The number of carbonyl (C=O) groups excluding carboxylic acids is 2. The van der Waals surface area contributed by atoms with E-state index in [2.05, 4.69) is 15.3 Å². The van der Waals surface area contributed by atoms with Crippen LogP contribution in [-0.2, 0) is 23.7 Å². The Kier molecular flexibility index (Phi) is 10.0. The predicted molar refractivity (Wildman–Crippen MR) is 101 cm³/mol. The molecule has 1 heterocycles. The number of amides is 1. The average Bonchev–Trinajstić information content (AvgIpc) is 2.57. The topological polar surface area (TPSA) is 95.5 Å². The van der Waals surface area contributed by atoms with Crippen LogP contribution >= 0.6 is 0 Å². The Hall–Kier alpha value is -1.93. The first kappa shape index (κ1) is 23.1. The highest BCUT2D eigenvalue weighted by Crippen LogP contribution is 2.21. The molecule has 8 nitrogen and oxygen atoms in total. The van der Waals surface area contributed by atoms with Gasteiger partial charge in [0.05, 0.1) is 19.9 Å². The molecule has 1 rings (SSSR count). The van der Waals surface area contributed by atoms with Gasteiger partial charge in [-0.25, -0.2) is 10.2 Å². The number of nitrogens with zero attached hydrogens (tertiary/aromatic N) is 1. The van der Waals surface area contributed by atoms with Crippen molar-refractivity contribution in [2.24, 2.45) is 11.0 Å². The standard InChI is InChI=1S/C19H32N2O6/c1-14-25-13-15(10-8-6-7-9-11-17(22)24-5)16(26-14)12-20-21-18(23)27-19(2,3)4/h6,8,12,14-16H,7,9-11,13H2,1-5H3,(H,21,23)/t14-,15+,16+/m1/s1. The lowest BCUT2D eigenvalue weighted by molar-refractivity contribution is -0.206. The molecule has 154 valence electrons. The zero-order valence-corrected chi connectivity index (χ0v) is 16.9. The molecule has 3 atom stereocenters. The van der Waals surface area contributed by atoms with Gasteiger partial charge in [-0.3, -0.25) is 4.79 Å². The summed E-state index contributed by atoms with van der Waals surface area (Å²) in [4.78, 5) is 22.7. The lowest BCUT2D eigenvalue weighted by atomic mass is 9.98. The van der Waals surface area contributed by atoms with E-state index in [1.54, 1.807) is 27.0 Å². The molecule has 1 amide bonds. The highest BCUT2D eigenvalue weighted by atomic mass is 16.7. The van der Waals surface area contributed by atoms with Gasteiger partial charge in [0.15, 0.2) is 6.29 Å². The molecule has 0 unspecified atom stereocenters. The third-order valence-electron chi connectivity index (χ3n) is 3.72. The Morgan fingerprint density at radius 2 is 2.04 bits per heavy atom. The lowest BCUT2D eigenvalue weighted by Gasteiger charge is -2.32. The fourth-order valence-corrected chi connectivity index (χ4v) is 2.40. The van der Waals surface area contributed by atoms with E-state index < -0.39 is 11.7 Å². The molecule has 0 radical (unpaired) electrons. The van der Waals surface area contributed by atoms with Gasteiger partial charge >= 0.3 is 12.1 Å². The van der Waals surface area contributed by atoms with Crippen LogP contribution in [0.25, 0.3) is 0 Å². The number of hydrazone groups is 1. The third kappa shape index (κ3) is 10.7. The maximum Gasteiger partial charge on any atom is 0.428 e. The van der Waals surface area contributed by atoms with Gasteiger partial charge in [-0.1, -0.05) is 12.2 Å². The van der Waals surface area contributed by atoms with Crippen molar-refractivity contribution < 1.29 is 28.5 Å². The van der Waals surface area contributed by atoms with E-state index >= 15 is 0 Å². The number of allylic oxidation sites excluding steroid dienone is 2. The Morgan fingerprint density at radius 1 is 1.30 bits per heavy atom. The van der Waals surface area contributed by atoms with Crippen molar-refractivity contribution >= 4 is 18.3 Å². The molecule has 1 aliphatic rings. The van der Waals surface area contributed by atoms with Gasteiger partial charge in [-0.15, -0.1) is 0 Å². The highest BCUT2D eigenvalue weighted by Gasteiger charge is 2.28. The second-order valence-corrected chi connectivity index (χ2v) is 7.33. The summed E-state index contributed by atoms with van der Waals surface area (Å²) in [7, 11) is 1.39. The van der Waals surface area contributed by atoms with Crippen molar-refractivity contribution in [1.82, 2.24) is 5.43 Å². The second kappa shape index (κ2) is 11.7. The van der Waals surface area contributed by atoms with Crippen molar-refractivity contribution in [3.8, 4) is 0 Å². The Balaban J connectivity index is 2.44. The summed E-state index contributed by atoms with van der Waals surface area (Å²) in [6.07, 6.45) is 7.15. The second-order valence-electron chi connectivity index (χ2n) is 7.33. The van der Waals surface area contributed by atoms with E-state index in [9.17, 15) is 9.59 Å². The number of ether oxygens (including phenoxy) is 4. The summed E-state index contributed by atoms with van der Waals surface area (Å²) in [6.45, 7) is 7.71. The van der Waals surface area contributed by atoms with E-state index in [4.69, 9.17) is 14.2 Å². The van der Waals surface area contributed by atoms with E-state index in [1.165, 1.54) is 7.11 Å². The van der Waals surface area contributed by atoms with Gasteiger partial charge in [0.1, 0.15) is 11.7 Å². The number of esters is 1. The first-order chi connectivity index (χ1) is 12.7. The molecule has 1 saturated heterocycles. The van der Waals surface area contributed by atoms with E-state index in [1.807, 2.05) is 19.1 Å². The number of nitrogens with one attached hydrogen (secondary N) is 1. The lowest BCUT2D eigenvalue weighted by Crippen LogP contribution is -2.40. The minimum atomic E-state index is -0.610. The van der Waals surface area contributed by atoms with E-state index in [0.717, 1.165) is 19.3 Å². The Morgan fingerprint density at radius 3 is 2.70 bits per heavy atom. The van der Waals surface area contributed by atoms with Gasteiger partial charge in [-0.2, -0.15) is 5.10 Å². The molecule has 8 heteroatoms. The Labute approximate surface area is 161 Å². The molecule has 0 saturated carbocycles. The number of methoxy groups -OCH3 is 1. The summed E-state index contributed by atoms with van der Waals surface area (Å²) >= 11 is 0. The van der Waals surface area contributed by atoms with Crippen LogP contribution < -0.4 is 5.43 Å². The van der Waals surface area contributed by atoms with Gasteiger partial charge in [-0.05, 0) is 47.0 Å². The van der Waals surface area contributed by atoms with Gasteiger partial charge < -0.3 is 18.9 Å². The predicted octanol–water partition coefficient (Wildman–Crippen LogP) is 3.16. The molecule has 0 aromatic carbocycles. The summed E-state index contributed by atoms with van der Waals surface area (Å²) in [5, 5.41) is 3.94. The number of rotatable bonds is 8. The number of carbonyl (C=O) groups is 2. The van der Waals surface area contributed by atoms with Crippen molar-refractivity contribution in [1.29, 1.82) is 0 Å². The monoisotopic (exact) mass is 384 g/mol. The fraction of sp³-hybridized carbons (Fsp3) is 0.737. The molecule has 1 aliphatic heterocycles. The normalized spacial score (nSPS) is 23.5. The first-order valence-electron chi connectivity index (χ1n) is 9.22. The third-order valence-corrected chi connectivity index (χ3v) is 3.72. The van der Waals surface area contributed by atoms with Crippen molar-refractivity contribution in [2.45, 2.75) is 71.4 Å². The summed E-state index contributed by atoms with van der Waals surface area (Å²) in [5.41, 5.74) is 1.77. The van der Waals surface area contributed by atoms with Crippen LogP contribution in [0, 0.1) is 5.92 Å². The summed E-state index contributed by atoms with van der Waals surface area (Å²) in [6, 6.07) is 0. The molecule has 0 aromatic heterocycles. The molecular formula is C19H32N2O6. The number of unbranched alkanes of at least 4 members (excludes halogenated alkanes) is 1. The molecule has 1 fully saturated rings. The fourth-order valence-electron chi connectivity index (χ4n) is 2.40. The minimum Gasteiger partial charge on any atom is -0.469 e. The van der Waals surface area contributed by atoms with Crippen molar-refractivity contribution in [2.75, 3.05) is 13.7 Å². The van der Waals surface area contributed by atoms with Crippen molar-refractivity contribution in [3.05, 3.63) is 12.2 Å². The van der Waals surface area contributed by atoms with Crippen LogP contribution in [0.5, 0.6) is 0 Å². The van der Waals surface area contributed by atoms with Crippen LogP contribution in [0.3, 0.4) is 0 Å². The number of hydrogen-bond donors (Lipinski definition) is 1. The van der Waals surface area contributed by atoms with Crippen molar-refractivity contribution in [3.63, 3.8) is 0 Å². The van der Waals surface area contributed by atoms with Gasteiger partial charge in [0.25, 0.3) is 0 Å². The van der Waals surface area contributed by atoms with Gasteiger partial charge in [0.2, 0.25) is 0 Å². The highest BCUT2D eigenvalue weighted by molar-refractivity contribution is 5.71. The summed E-state index contributed by atoms with van der Waals surface area (Å²) in [5.74, 6) is -0.109. The molecule has 0 bridgehead atoms. The van der Waals surface area contributed by atoms with Crippen LogP contribution in [-0.4, -0.2) is 50.0 Å². The average molecular weight is 384 g/mol. The molecular weight excluding hydrogens is 352 g/mol. The summed E-state index contributed by atoms with van der Waals surface area (Å²) < 4.78 is 21.0. The maximum absolute atomic E-state index is 11.6. The van der Waals surface area contributed by atoms with Gasteiger partial charge in [0, 0.05) is 12.3 Å². The van der Waals surface area contributed by atoms with E-state index in [0.29, 0.717) is 13.0 Å². The zero-order valence-electron chi connectivity index (χ0n) is 16.9. The van der Waals surface area contributed by atoms with Crippen LogP contribution in [0.15, 0.2) is 17.3 Å². The molecule has 0 spiro atoms. The zero-order chi connectivity index (χ0) is 20.3. The van der Waals surface area contributed by atoms with Crippen LogP contribution in [0.2, 0.25) is 0 Å². The largest absolute Gasteiger partial charge is 0.469 e. The first-order valence-corrected chi connectivity index (χ1v) is 9.22. The van der Waals surface area contributed by atoms with Crippen LogP contribution in [0.1, 0.15) is 53.4 Å². The molecule has 27 heavy (non-hydrogen) atoms. The number of hydrogen-bond acceptors (Lipinski definition) is 7. The van der Waals surface area contributed by atoms with E-state index in [-0.39, 0.29) is 24.3 Å². The molecule has 0 aromatic rings. The maximum atomic E-state index is 11.6.